The van der Waals surface area contributed by atoms with Gasteiger partial charge in [-0.1, -0.05) is 48.5 Å². The lowest BCUT2D eigenvalue weighted by Gasteiger charge is -2.31. The van der Waals surface area contributed by atoms with Crippen molar-refractivity contribution in [3.8, 4) is 5.00 Å². The van der Waals surface area contributed by atoms with Gasteiger partial charge in [-0.05, 0) is 61.1 Å². The highest BCUT2D eigenvalue weighted by atomic mass is 32.1. The number of rotatable bonds is 2. The van der Waals surface area contributed by atoms with Gasteiger partial charge < -0.3 is 9.47 Å². The average Bonchev–Trinajstić information content (AvgIpc) is 3.42. The average molecular weight is 425 g/mol. The normalized spacial score (nSPS) is 17.4. The van der Waals surface area contributed by atoms with E-state index in [9.17, 15) is 4.79 Å². The molecule has 2 aliphatic rings. The van der Waals surface area contributed by atoms with E-state index in [-0.39, 0.29) is 11.9 Å². The van der Waals surface area contributed by atoms with E-state index in [2.05, 4.69) is 52.1 Å². The third-order valence-corrected chi connectivity index (χ3v) is 7.91. The van der Waals surface area contributed by atoms with Crippen molar-refractivity contribution in [3.63, 3.8) is 0 Å². The lowest BCUT2D eigenvalue weighted by atomic mass is 9.94. The molecule has 2 aromatic heterocycles. The van der Waals surface area contributed by atoms with Crippen LogP contribution in [0.4, 0.5) is 0 Å². The van der Waals surface area contributed by atoms with Gasteiger partial charge in [-0.15, -0.1) is 11.3 Å². The molecule has 4 heteroatoms. The van der Waals surface area contributed by atoms with Crippen LogP contribution < -0.4 is 0 Å². The Kier molecular flexibility index (Phi) is 4.53. The predicted octanol–water partition coefficient (Wildman–Crippen LogP) is 6.16. The van der Waals surface area contributed by atoms with Crippen molar-refractivity contribution in [1.29, 1.82) is 0 Å². The molecule has 3 heterocycles. The lowest BCUT2D eigenvalue weighted by Crippen LogP contribution is -2.35. The molecule has 2 aromatic carbocycles. The van der Waals surface area contributed by atoms with E-state index in [0.29, 0.717) is 6.54 Å². The van der Waals surface area contributed by atoms with Crippen LogP contribution >= 0.6 is 11.3 Å². The fraction of sp³-hybridized carbons (Fsp3) is 0.222. The molecular formula is C27H24N2OS. The molecule has 1 aliphatic carbocycles. The first-order chi connectivity index (χ1) is 15.3. The van der Waals surface area contributed by atoms with Gasteiger partial charge in [-0.3, -0.25) is 4.79 Å². The summed E-state index contributed by atoms with van der Waals surface area (Å²) in [6.07, 6.45) is 6.97. The maximum Gasteiger partial charge on any atom is 0.254 e. The topological polar surface area (TPSA) is 25.2 Å². The molecule has 1 atom stereocenters. The van der Waals surface area contributed by atoms with Gasteiger partial charge in [-0.25, -0.2) is 0 Å². The highest BCUT2D eigenvalue weighted by molar-refractivity contribution is 7.15. The second-order valence-electron chi connectivity index (χ2n) is 8.41. The molecule has 31 heavy (non-hydrogen) atoms. The number of benzene rings is 2. The summed E-state index contributed by atoms with van der Waals surface area (Å²) >= 11 is 1.93. The summed E-state index contributed by atoms with van der Waals surface area (Å²) in [6, 6.07) is 24.3. The molecular weight excluding hydrogens is 400 g/mol. The van der Waals surface area contributed by atoms with Gasteiger partial charge in [0, 0.05) is 22.2 Å². The first-order valence-corrected chi connectivity index (χ1v) is 11.8. The Hall–Kier alpha value is -3.11. The van der Waals surface area contributed by atoms with Gasteiger partial charge in [0.15, 0.2) is 0 Å². The molecule has 0 saturated heterocycles. The van der Waals surface area contributed by atoms with E-state index >= 15 is 0 Å². The third kappa shape index (κ3) is 3.05. The zero-order chi connectivity index (χ0) is 20.8. The van der Waals surface area contributed by atoms with Crippen molar-refractivity contribution >= 4 is 17.2 Å². The first kappa shape index (κ1) is 18.6. The van der Waals surface area contributed by atoms with E-state index in [1.807, 2.05) is 47.7 Å². The lowest BCUT2D eigenvalue weighted by molar-refractivity contribution is 0.0690. The van der Waals surface area contributed by atoms with Gasteiger partial charge in [0.1, 0.15) is 5.00 Å². The highest BCUT2D eigenvalue weighted by Crippen LogP contribution is 2.44. The first-order valence-electron chi connectivity index (χ1n) is 11.0. The molecule has 154 valence electrons. The van der Waals surface area contributed by atoms with Gasteiger partial charge in [-0.2, -0.15) is 0 Å². The number of fused-ring (bicyclic) bond motifs is 5. The van der Waals surface area contributed by atoms with E-state index in [4.69, 9.17) is 0 Å². The quantitative estimate of drug-likeness (QED) is 0.378. The van der Waals surface area contributed by atoms with Gasteiger partial charge in [0.25, 0.3) is 5.91 Å². The second-order valence-corrected chi connectivity index (χ2v) is 9.49. The minimum Gasteiger partial charge on any atom is -0.322 e. The summed E-state index contributed by atoms with van der Waals surface area (Å²) in [7, 11) is 0. The molecule has 1 amide bonds. The Morgan fingerprint density at radius 2 is 1.58 bits per heavy atom. The van der Waals surface area contributed by atoms with Crippen molar-refractivity contribution in [3.05, 3.63) is 112 Å². The highest BCUT2D eigenvalue weighted by Gasteiger charge is 2.36. The van der Waals surface area contributed by atoms with E-state index in [1.54, 1.807) is 0 Å². The fourth-order valence-electron chi connectivity index (χ4n) is 5.12. The predicted molar refractivity (Wildman–Crippen MR) is 125 cm³/mol. The van der Waals surface area contributed by atoms with Crippen molar-refractivity contribution in [2.24, 2.45) is 0 Å². The largest absolute Gasteiger partial charge is 0.322 e. The maximum atomic E-state index is 13.9. The molecule has 0 bridgehead atoms. The van der Waals surface area contributed by atoms with E-state index in [0.717, 1.165) is 23.2 Å². The van der Waals surface area contributed by atoms with Crippen LogP contribution in [0.25, 0.3) is 5.00 Å². The van der Waals surface area contributed by atoms with E-state index in [1.165, 1.54) is 40.3 Å². The maximum absolute atomic E-state index is 13.9. The zero-order valence-electron chi connectivity index (χ0n) is 17.3. The Morgan fingerprint density at radius 1 is 0.839 bits per heavy atom. The molecule has 1 aliphatic heterocycles. The summed E-state index contributed by atoms with van der Waals surface area (Å²) in [5, 5.41) is 1.30. The summed E-state index contributed by atoms with van der Waals surface area (Å²) in [5.41, 5.74) is 5.89. The van der Waals surface area contributed by atoms with Crippen LogP contribution in [-0.4, -0.2) is 15.4 Å². The number of nitrogens with zero attached hydrogens (tertiary/aromatic N) is 2. The number of aryl methyl sites for hydroxylation is 1. The SMILES string of the molecule is O=C(c1ccccc1)N1Cc2c(sc3c2CCCC3)-n2cccc2[C@H]1c1ccccc1. The van der Waals surface area contributed by atoms with Crippen LogP contribution in [0.5, 0.6) is 0 Å². The van der Waals surface area contributed by atoms with Crippen LogP contribution in [0.3, 0.4) is 0 Å². The second kappa shape index (κ2) is 7.54. The van der Waals surface area contributed by atoms with Gasteiger partial charge >= 0.3 is 0 Å². The van der Waals surface area contributed by atoms with Crippen molar-refractivity contribution < 1.29 is 4.79 Å². The van der Waals surface area contributed by atoms with Crippen LogP contribution in [0.1, 0.15) is 56.5 Å². The summed E-state index contributed by atoms with van der Waals surface area (Å²) < 4.78 is 2.34. The number of aromatic nitrogens is 1. The fourth-order valence-corrected chi connectivity index (χ4v) is 6.52. The molecule has 0 spiro atoms. The third-order valence-electron chi connectivity index (χ3n) is 6.58. The van der Waals surface area contributed by atoms with Crippen molar-refractivity contribution in [2.45, 2.75) is 38.3 Å². The molecule has 3 nitrogen and oxygen atoms in total. The molecule has 0 saturated carbocycles. The van der Waals surface area contributed by atoms with Crippen LogP contribution in [0.2, 0.25) is 0 Å². The van der Waals surface area contributed by atoms with Crippen molar-refractivity contribution in [2.75, 3.05) is 0 Å². The summed E-state index contributed by atoms with van der Waals surface area (Å²) in [6.45, 7) is 0.649. The molecule has 0 fully saturated rings. The number of carbonyl (C=O) groups is 1. The standard InChI is InChI=1S/C27H24N2OS/c30-26(20-12-5-2-6-13-20)29-18-22-21-14-7-8-16-24(21)31-27(22)28-17-9-15-23(28)25(29)19-10-3-1-4-11-19/h1-6,9-13,15,17,25H,7-8,14,16,18H2/t25-/m1/s1. The molecule has 6 rings (SSSR count). The number of thiophene rings is 1. The van der Waals surface area contributed by atoms with Crippen LogP contribution in [0, 0.1) is 0 Å². The molecule has 0 radical (unpaired) electrons. The number of amides is 1. The monoisotopic (exact) mass is 424 g/mol. The minimum absolute atomic E-state index is 0.0887. The van der Waals surface area contributed by atoms with E-state index < -0.39 is 0 Å². The Morgan fingerprint density at radius 3 is 2.39 bits per heavy atom. The minimum atomic E-state index is -0.122. The molecule has 0 unspecified atom stereocenters. The van der Waals surface area contributed by atoms with Gasteiger partial charge in [0.05, 0.1) is 18.3 Å². The number of hydrogen-bond donors (Lipinski definition) is 0. The van der Waals surface area contributed by atoms with Crippen LogP contribution in [-0.2, 0) is 19.4 Å². The van der Waals surface area contributed by atoms with Gasteiger partial charge in [0.2, 0.25) is 0 Å². The summed E-state index contributed by atoms with van der Waals surface area (Å²) in [4.78, 5) is 17.5. The number of hydrogen-bond acceptors (Lipinski definition) is 2. The Balaban J connectivity index is 1.58. The van der Waals surface area contributed by atoms with Crippen LogP contribution in [0.15, 0.2) is 79.0 Å². The summed E-state index contributed by atoms with van der Waals surface area (Å²) in [5.74, 6) is 0.0887. The number of carbonyl (C=O) groups excluding carboxylic acids is 1. The molecule has 0 N–H and O–H groups in total. The van der Waals surface area contributed by atoms with Crippen molar-refractivity contribution in [1.82, 2.24) is 9.47 Å². The Labute approximate surface area is 186 Å². The molecule has 4 aromatic rings. The zero-order valence-corrected chi connectivity index (χ0v) is 18.1. The Bertz CT molecular complexity index is 1240. The smallest absolute Gasteiger partial charge is 0.254 e.